The highest BCUT2D eigenvalue weighted by atomic mass is 35.5. The molecule has 0 saturated carbocycles. The summed E-state index contributed by atoms with van der Waals surface area (Å²) in [6.07, 6.45) is 5.76. The van der Waals surface area contributed by atoms with E-state index in [2.05, 4.69) is 19.6 Å². The van der Waals surface area contributed by atoms with Gasteiger partial charge in [-0.15, -0.1) is 0 Å². The lowest BCUT2D eigenvalue weighted by atomic mass is 9.85. The maximum Gasteiger partial charge on any atom is 0.254 e. The molecular weight excluding hydrogens is 420 g/mol. The SMILES string of the molecule is C=C(C)C1CC=C(CN(CCc2ccc(Cl)cc2Cl)C(=O)c2cccc(F)c2)CC1. The monoisotopic (exact) mass is 445 g/mol. The van der Waals surface area contributed by atoms with E-state index in [1.807, 2.05) is 6.07 Å². The molecular formula is C25H26Cl2FNO. The number of carbonyl (C=O) groups excluding carboxylic acids is 1. The molecule has 1 aliphatic rings. The number of allylic oxidation sites excluding steroid dienone is 2. The number of amides is 1. The van der Waals surface area contributed by atoms with Crippen LogP contribution in [0, 0.1) is 11.7 Å². The van der Waals surface area contributed by atoms with Crippen molar-refractivity contribution in [3.8, 4) is 0 Å². The van der Waals surface area contributed by atoms with Crippen LogP contribution in [0.1, 0.15) is 42.1 Å². The lowest BCUT2D eigenvalue weighted by Crippen LogP contribution is -2.35. The van der Waals surface area contributed by atoms with Crippen LogP contribution in [-0.2, 0) is 6.42 Å². The van der Waals surface area contributed by atoms with E-state index >= 15 is 0 Å². The summed E-state index contributed by atoms with van der Waals surface area (Å²) >= 11 is 12.3. The molecule has 158 valence electrons. The number of benzene rings is 2. The van der Waals surface area contributed by atoms with Gasteiger partial charge in [0, 0.05) is 28.7 Å². The molecule has 0 radical (unpaired) electrons. The van der Waals surface area contributed by atoms with Gasteiger partial charge in [0.25, 0.3) is 5.91 Å². The Morgan fingerprint density at radius 3 is 2.67 bits per heavy atom. The summed E-state index contributed by atoms with van der Waals surface area (Å²) in [6, 6.07) is 11.2. The van der Waals surface area contributed by atoms with E-state index < -0.39 is 5.82 Å². The summed E-state index contributed by atoms with van der Waals surface area (Å²) in [5, 5.41) is 1.16. The summed E-state index contributed by atoms with van der Waals surface area (Å²) in [7, 11) is 0. The molecule has 0 bridgehead atoms. The number of hydrogen-bond donors (Lipinski definition) is 0. The molecule has 1 atom stereocenters. The average molecular weight is 446 g/mol. The van der Waals surface area contributed by atoms with Crippen LogP contribution in [-0.4, -0.2) is 23.9 Å². The highest BCUT2D eigenvalue weighted by molar-refractivity contribution is 6.35. The molecule has 30 heavy (non-hydrogen) atoms. The van der Waals surface area contributed by atoms with Crippen LogP contribution in [0.3, 0.4) is 0 Å². The van der Waals surface area contributed by atoms with Crippen molar-refractivity contribution in [1.29, 1.82) is 0 Å². The lowest BCUT2D eigenvalue weighted by molar-refractivity contribution is 0.0769. The number of rotatable bonds is 7. The molecule has 0 N–H and O–H groups in total. The highest BCUT2D eigenvalue weighted by Gasteiger charge is 2.21. The third-order valence-electron chi connectivity index (χ3n) is 5.62. The smallest absolute Gasteiger partial charge is 0.254 e. The quantitative estimate of drug-likeness (QED) is 0.415. The molecule has 5 heteroatoms. The molecule has 0 saturated heterocycles. The fourth-order valence-electron chi connectivity index (χ4n) is 3.76. The second kappa shape index (κ2) is 10.3. The molecule has 0 fully saturated rings. The normalized spacial score (nSPS) is 16.1. The van der Waals surface area contributed by atoms with Crippen molar-refractivity contribution in [2.24, 2.45) is 5.92 Å². The molecule has 1 aliphatic carbocycles. The summed E-state index contributed by atoms with van der Waals surface area (Å²) in [5.41, 5.74) is 3.72. The average Bonchev–Trinajstić information content (AvgIpc) is 2.72. The standard InChI is InChI=1S/C25H26Cl2FNO/c1-17(2)19-8-6-18(7-9-19)16-29(25(30)21-4-3-5-23(28)14-21)13-12-20-10-11-22(26)15-24(20)27/h3-6,10-11,14-15,19H,1,7-9,12-13,16H2,2H3. The van der Waals surface area contributed by atoms with E-state index in [1.54, 1.807) is 29.2 Å². The summed E-state index contributed by atoms with van der Waals surface area (Å²) in [6.45, 7) is 7.15. The largest absolute Gasteiger partial charge is 0.334 e. The van der Waals surface area contributed by atoms with Crippen LogP contribution in [0.2, 0.25) is 10.0 Å². The number of hydrogen-bond acceptors (Lipinski definition) is 1. The van der Waals surface area contributed by atoms with Gasteiger partial charge in [-0.3, -0.25) is 4.79 Å². The van der Waals surface area contributed by atoms with E-state index in [4.69, 9.17) is 23.2 Å². The van der Waals surface area contributed by atoms with Crippen molar-refractivity contribution in [1.82, 2.24) is 4.90 Å². The Morgan fingerprint density at radius 2 is 2.03 bits per heavy atom. The molecule has 1 amide bonds. The molecule has 3 rings (SSSR count). The fourth-order valence-corrected chi connectivity index (χ4v) is 4.26. The van der Waals surface area contributed by atoms with Crippen LogP contribution in [0.15, 0.2) is 66.3 Å². The van der Waals surface area contributed by atoms with Gasteiger partial charge in [-0.1, -0.05) is 59.1 Å². The van der Waals surface area contributed by atoms with Crippen molar-refractivity contribution in [3.05, 3.63) is 93.3 Å². The minimum Gasteiger partial charge on any atom is -0.334 e. The minimum absolute atomic E-state index is 0.178. The van der Waals surface area contributed by atoms with Crippen molar-refractivity contribution in [2.75, 3.05) is 13.1 Å². The highest BCUT2D eigenvalue weighted by Crippen LogP contribution is 2.29. The van der Waals surface area contributed by atoms with Gasteiger partial charge in [0.1, 0.15) is 5.82 Å². The van der Waals surface area contributed by atoms with E-state index in [0.717, 1.165) is 24.8 Å². The first-order valence-corrected chi connectivity index (χ1v) is 10.9. The predicted octanol–water partition coefficient (Wildman–Crippen LogP) is 7.12. The van der Waals surface area contributed by atoms with E-state index in [9.17, 15) is 9.18 Å². The zero-order valence-electron chi connectivity index (χ0n) is 17.1. The second-order valence-corrected chi connectivity index (χ2v) is 8.75. The zero-order valence-corrected chi connectivity index (χ0v) is 18.6. The van der Waals surface area contributed by atoms with Crippen molar-refractivity contribution in [2.45, 2.75) is 32.6 Å². The summed E-state index contributed by atoms with van der Waals surface area (Å²) < 4.78 is 13.7. The molecule has 2 nitrogen and oxygen atoms in total. The Bertz CT molecular complexity index is 969. The van der Waals surface area contributed by atoms with Gasteiger partial charge in [-0.25, -0.2) is 4.39 Å². The zero-order chi connectivity index (χ0) is 21.7. The Hall–Kier alpha value is -2.10. The molecule has 0 spiro atoms. The Labute approximate surface area is 188 Å². The number of nitrogens with zero attached hydrogens (tertiary/aromatic N) is 1. The lowest BCUT2D eigenvalue weighted by Gasteiger charge is -2.28. The van der Waals surface area contributed by atoms with Crippen LogP contribution in [0.4, 0.5) is 4.39 Å². The van der Waals surface area contributed by atoms with Crippen molar-refractivity contribution >= 4 is 29.1 Å². The molecule has 0 heterocycles. The van der Waals surface area contributed by atoms with Gasteiger partial charge in [-0.05, 0) is 74.4 Å². The van der Waals surface area contributed by atoms with Gasteiger partial charge in [0.05, 0.1) is 0 Å². The Balaban J connectivity index is 1.77. The maximum atomic E-state index is 13.7. The third-order valence-corrected chi connectivity index (χ3v) is 6.21. The van der Waals surface area contributed by atoms with E-state index in [0.29, 0.717) is 41.0 Å². The second-order valence-electron chi connectivity index (χ2n) is 7.90. The molecule has 1 unspecified atom stereocenters. The molecule has 2 aromatic carbocycles. The first kappa shape index (κ1) is 22.6. The van der Waals surface area contributed by atoms with Gasteiger partial charge in [0.2, 0.25) is 0 Å². The summed E-state index contributed by atoms with van der Waals surface area (Å²) in [4.78, 5) is 15.0. The van der Waals surface area contributed by atoms with Crippen LogP contribution >= 0.6 is 23.2 Å². The maximum absolute atomic E-state index is 13.7. The van der Waals surface area contributed by atoms with Crippen LogP contribution in [0.25, 0.3) is 0 Å². The van der Waals surface area contributed by atoms with E-state index in [1.165, 1.54) is 23.3 Å². The Morgan fingerprint density at radius 1 is 1.23 bits per heavy atom. The number of carbonyl (C=O) groups is 1. The number of halogens is 3. The topological polar surface area (TPSA) is 20.3 Å². The molecule has 0 aliphatic heterocycles. The predicted molar refractivity (Wildman–Crippen MR) is 123 cm³/mol. The molecule has 0 aromatic heterocycles. The Kier molecular flexibility index (Phi) is 7.74. The third kappa shape index (κ3) is 5.96. The van der Waals surface area contributed by atoms with Gasteiger partial charge in [-0.2, -0.15) is 0 Å². The van der Waals surface area contributed by atoms with Crippen molar-refractivity contribution < 1.29 is 9.18 Å². The van der Waals surface area contributed by atoms with Crippen LogP contribution in [0.5, 0.6) is 0 Å². The van der Waals surface area contributed by atoms with Gasteiger partial charge >= 0.3 is 0 Å². The first-order chi connectivity index (χ1) is 14.3. The van der Waals surface area contributed by atoms with Gasteiger partial charge in [0.15, 0.2) is 0 Å². The van der Waals surface area contributed by atoms with Gasteiger partial charge < -0.3 is 4.90 Å². The van der Waals surface area contributed by atoms with Crippen molar-refractivity contribution in [3.63, 3.8) is 0 Å². The molecule has 2 aromatic rings. The van der Waals surface area contributed by atoms with Crippen LogP contribution < -0.4 is 0 Å². The first-order valence-electron chi connectivity index (χ1n) is 10.2. The fraction of sp³-hybridized carbons (Fsp3) is 0.320. The van der Waals surface area contributed by atoms with E-state index in [-0.39, 0.29) is 5.91 Å². The minimum atomic E-state index is -0.414. The summed E-state index contributed by atoms with van der Waals surface area (Å²) in [5.74, 6) is -0.0840.